The van der Waals surface area contributed by atoms with Crippen molar-refractivity contribution in [2.75, 3.05) is 10.6 Å². The standard InChI is InChI=1S/C28H24F3N5O/c1-18-25(26(35-17-34-18)33-16-19-7-3-2-4-8-19)24(32)14-20-9-5-12-23(13-20)36-27(37)21-10-6-11-22(15-21)28(29,30)31/h2-13,15,17,32H,14,16H2,1H3,(H,36,37)(H,33,34,35). The smallest absolute Gasteiger partial charge is 0.365 e. The highest BCUT2D eigenvalue weighted by atomic mass is 19.4. The molecule has 3 aromatic carbocycles. The number of benzene rings is 3. The monoisotopic (exact) mass is 503 g/mol. The average Bonchev–Trinajstić information content (AvgIpc) is 2.88. The van der Waals surface area contributed by atoms with Crippen LogP contribution in [0.15, 0.2) is 85.2 Å². The van der Waals surface area contributed by atoms with Crippen LogP contribution in [0.1, 0.15) is 38.3 Å². The van der Waals surface area contributed by atoms with Crippen LogP contribution in [-0.4, -0.2) is 21.6 Å². The second-order valence-corrected chi connectivity index (χ2v) is 8.41. The van der Waals surface area contributed by atoms with Gasteiger partial charge in [-0.1, -0.05) is 48.5 Å². The third-order valence-electron chi connectivity index (χ3n) is 5.66. The molecule has 6 nitrogen and oxygen atoms in total. The summed E-state index contributed by atoms with van der Waals surface area (Å²) in [5.74, 6) is -0.103. The van der Waals surface area contributed by atoms with Gasteiger partial charge in [0.25, 0.3) is 5.91 Å². The topological polar surface area (TPSA) is 90.8 Å². The van der Waals surface area contributed by atoms with Gasteiger partial charge in [-0.3, -0.25) is 4.79 Å². The van der Waals surface area contributed by atoms with E-state index in [-0.39, 0.29) is 17.7 Å². The van der Waals surface area contributed by atoms with Crippen LogP contribution in [0, 0.1) is 12.3 Å². The number of carbonyl (C=O) groups is 1. The summed E-state index contributed by atoms with van der Waals surface area (Å²) >= 11 is 0. The van der Waals surface area contributed by atoms with Crippen molar-refractivity contribution in [3.63, 3.8) is 0 Å². The highest BCUT2D eigenvalue weighted by molar-refractivity contribution is 6.05. The Morgan fingerprint density at radius 2 is 1.65 bits per heavy atom. The predicted molar refractivity (Wildman–Crippen MR) is 137 cm³/mol. The van der Waals surface area contributed by atoms with E-state index in [1.165, 1.54) is 18.5 Å². The van der Waals surface area contributed by atoms with E-state index in [1.54, 1.807) is 18.2 Å². The van der Waals surface area contributed by atoms with E-state index in [0.29, 0.717) is 29.3 Å². The first-order chi connectivity index (χ1) is 17.7. The van der Waals surface area contributed by atoms with Crippen molar-refractivity contribution in [3.8, 4) is 0 Å². The summed E-state index contributed by atoms with van der Waals surface area (Å²) in [4.78, 5) is 21.2. The molecule has 1 heterocycles. The van der Waals surface area contributed by atoms with Crippen molar-refractivity contribution < 1.29 is 18.0 Å². The predicted octanol–water partition coefficient (Wildman–Crippen LogP) is 6.28. The lowest BCUT2D eigenvalue weighted by Gasteiger charge is -2.14. The molecule has 4 aromatic rings. The summed E-state index contributed by atoms with van der Waals surface area (Å²) in [6.45, 7) is 2.35. The molecule has 0 saturated carbocycles. The molecule has 0 saturated heterocycles. The second-order valence-electron chi connectivity index (χ2n) is 8.41. The van der Waals surface area contributed by atoms with Gasteiger partial charge in [0.15, 0.2) is 0 Å². The number of rotatable bonds is 8. The maximum atomic E-state index is 13.0. The molecule has 1 amide bonds. The molecule has 0 aliphatic heterocycles. The largest absolute Gasteiger partial charge is 0.416 e. The first kappa shape index (κ1) is 25.6. The van der Waals surface area contributed by atoms with Crippen molar-refractivity contribution >= 4 is 23.1 Å². The summed E-state index contributed by atoms with van der Waals surface area (Å²) in [6, 6.07) is 20.9. The zero-order chi connectivity index (χ0) is 26.4. The minimum atomic E-state index is -4.54. The van der Waals surface area contributed by atoms with Crippen molar-refractivity contribution in [3.05, 3.63) is 119 Å². The Morgan fingerprint density at radius 1 is 0.919 bits per heavy atom. The highest BCUT2D eigenvalue weighted by Crippen LogP contribution is 2.29. The van der Waals surface area contributed by atoms with Gasteiger partial charge in [0.1, 0.15) is 12.1 Å². The summed E-state index contributed by atoms with van der Waals surface area (Å²) < 4.78 is 39.0. The molecule has 3 N–H and O–H groups in total. The molecule has 0 aliphatic rings. The molecular weight excluding hydrogens is 479 g/mol. The van der Waals surface area contributed by atoms with Crippen LogP contribution in [0.5, 0.6) is 0 Å². The number of hydrogen-bond acceptors (Lipinski definition) is 5. The zero-order valence-electron chi connectivity index (χ0n) is 19.9. The van der Waals surface area contributed by atoms with Crippen molar-refractivity contribution in [2.45, 2.75) is 26.1 Å². The van der Waals surface area contributed by atoms with E-state index >= 15 is 0 Å². The average molecular weight is 504 g/mol. The molecule has 0 atom stereocenters. The van der Waals surface area contributed by atoms with E-state index in [2.05, 4.69) is 20.6 Å². The first-order valence-corrected chi connectivity index (χ1v) is 11.5. The summed E-state index contributed by atoms with van der Waals surface area (Å²) in [6.07, 6.45) is -2.85. The quantitative estimate of drug-likeness (QED) is 0.247. The number of alkyl halides is 3. The Balaban J connectivity index is 1.48. The van der Waals surface area contributed by atoms with E-state index in [1.807, 2.05) is 43.3 Å². The minimum absolute atomic E-state index is 0.0980. The molecular formula is C28H24F3N5O. The molecule has 0 unspecified atom stereocenters. The number of halogens is 3. The van der Waals surface area contributed by atoms with Gasteiger partial charge in [0, 0.05) is 29.9 Å². The van der Waals surface area contributed by atoms with E-state index in [4.69, 9.17) is 5.41 Å². The molecule has 188 valence electrons. The molecule has 0 spiro atoms. The van der Waals surface area contributed by atoms with E-state index in [0.717, 1.165) is 23.3 Å². The number of hydrogen-bond donors (Lipinski definition) is 3. The van der Waals surface area contributed by atoms with Crippen molar-refractivity contribution in [1.29, 1.82) is 5.41 Å². The Hall–Kier alpha value is -4.53. The number of amides is 1. The van der Waals surface area contributed by atoms with Crippen LogP contribution in [0.2, 0.25) is 0 Å². The van der Waals surface area contributed by atoms with Crippen LogP contribution in [0.3, 0.4) is 0 Å². The van der Waals surface area contributed by atoms with Crippen LogP contribution < -0.4 is 10.6 Å². The SMILES string of the molecule is Cc1ncnc(NCc2ccccc2)c1C(=N)Cc1cccc(NC(=O)c2cccc(C(F)(F)F)c2)c1. The Bertz CT molecular complexity index is 1420. The van der Waals surface area contributed by atoms with Gasteiger partial charge in [-0.15, -0.1) is 0 Å². The maximum Gasteiger partial charge on any atom is 0.416 e. The highest BCUT2D eigenvalue weighted by Gasteiger charge is 2.30. The Labute approximate surface area is 212 Å². The van der Waals surface area contributed by atoms with Gasteiger partial charge in [-0.2, -0.15) is 13.2 Å². The lowest BCUT2D eigenvalue weighted by atomic mass is 10.0. The van der Waals surface area contributed by atoms with Crippen LogP contribution in [0.25, 0.3) is 0 Å². The van der Waals surface area contributed by atoms with Gasteiger partial charge < -0.3 is 16.0 Å². The van der Waals surface area contributed by atoms with Crippen LogP contribution in [-0.2, 0) is 19.1 Å². The second kappa shape index (κ2) is 11.0. The van der Waals surface area contributed by atoms with Gasteiger partial charge in [-0.25, -0.2) is 9.97 Å². The third-order valence-corrected chi connectivity index (χ3v) is 5.66. The number of aromatic nitrogens is 2. The number of aryl methyl sites for hydroxylation is 1. The van der Waals surface area contributed by atoms with Crippen LogP contribution in [0.4, 0.5) is 24.7 Å². The fourth-order valence-electron chi connectivity index (χ4n) is 3.84. The van der Waals surface area contributed by atoms with Gasteiger partial charge in [-0.05, 0) is 48.4 Å². The lowest BCUT2D eigenvalue weighted by molar-refractivity contribution is -0.137. The Kier molecular flexibility index (Phi) is 7.62. The molecule has 0 fully saturated rings. The Morgan fingerprint density at radius 3 is 2.41 bits per heavy atom. The molecule has 0 radical (unpaired) electrons. The normalized spacial score (nSPS) is 11.1. The number of anilines is 2. The minimum Gasteiger partial charge on any atom is -0.365 e. The fraction of sp³-hybridized carbons (Fsp3) is 0.143. The van der Waals surface area contributed by atoms with Crippen LogP contribution >= 0.6 is 0 Å². The van der Waals surface area contributed by atoms with Gasteiger partial charge >= 0.3 is 6.18 Å². The molecule has 1 aromatic heterocycles. The van der Waals surface area contributed by atoms with E-state index in [9.17, 15) is 18.0 Å². The summed E-state index contributed by atoms with van der Waals surface area (Å²) in [5.41, 5.74) is 2.77. The van der Waals surface area contributed by atoms with E-state index < -0.39 is 17.6 Å². The molecule has 37 heavy (non-hydrogen) atoms. The van der Waals surface area contributed by atoms with Crippen molar-refractivity contribution in [1.82, 2.24) is 9.97 Å². The first-order valence-electron chi connectivity index (χ1n) is 11.5. The van der Waals surface area contributed by atoms with Gasteiger partial charge in [0.05, 0.1) is 16.8 Å². The molecule has 4 rings (SSSR count). The number of nitrogens with one attached hydrogen (secondary N) is 3. The summed E-state index contributed by atoms with van der Waals surface area (Å²) in [5, 5.41) is 14.7. The number of nitrogens with zero attached hydrogens (tertiary/aromatic N) is 2. The number of carbonyl (C=O) groups excluding carboxylic acids is 1. The molecule has 9 heteroatoms. The zero-order valence-corrected chi connectivity index (χ0v) is 19.9. The summed E-state index contributed by atoms with van der Waals surface area (Å²) in [7, 11) is 0. The van der Waals surface area contributed by atoms with Gasteiger partial charge in [0.2, 0.25) is 0 Å². The third kappa shape index (κ3) is 6.58. The van der Waals surface area contributed by atoms with Crippen molar-refractivity contribution in [2.24, 2.45) is 0 Å². The molecule has 0 bridgehead atoms. The maximum absolute atomic E-state index is 13.0. The molecule has 0 aliphatic carbocycles. The fourth-order valence-corrected chi connectivity index (χ4v) is 3.84. The lowest BCUT2D eigenvalue weighted by Crippen LogP contribution is -2.15.